The maximum absolute atomic E-state index is 12.8. The van der Waals surface area contributed by atoms with E-state index < -0.39 is 30.4 Å². The van der Waals surface area contributed by atoms with E-state index >= 15 is 0 Å². The highest BCUT2D eigenvalue weighted by Crippen LogP contribution is 2.62. The van der Waals surface area contributed by atoms with E-state index in [0.29, 0.717) is 23.3 Å². The summed E-state index contributed by atoms with van der Waals surface area (Å²) in [5, 5.41) is 0. The summed E-state index contributed by atoms with van der Waals surface area (Å²) in [6.45, 7) is -2.14. The number of hydrogen-bond acceptors (Lipinski definition) is 4. The van der Waals surface area contributed by atoms with Crippen LogP contribution in [-0.4, -0.2) is 43.5 Å². The molecular weight excluding hydrogens is 278 g/mol. The Labute approximate surface area is 138 Å². The van der Waals surface area contributed by atoms with Crippen LogP contribution >= 0.6 is 0 Å². The Hall–Kier alpha value is -1.55. The number of benzene rings is 1. The third-order valence-electron chi connectivity index (χ3n) is 5.82. The first-order chi connectivity index (χ1) is 13.1. The van der Waals surface area contributed by atoms with Gasteiger partial charge in [0.2, 0.25) is 0 Å². The van der Waals surface area contributed by atoms with E-state index in [0.717, 1.165) is 0 Å². The monoisotopic (exact) mass is 305 g/mol. The van der Waals surface area contributed by atoms with Gasteiger partial charge in [-0.15, -0.1) is 0 Å². The molecule has 4 heteroatoms. The fourth-order valence-electron chi connectivity index (χ4n) is 4.96. The van der Waals surface area contributed by atoms with Crippen LogP contribution in [-0.2, 0) is 16.6 Å². The number of Topliss-reactive ketones (excluding diaryl/α,β-unsaturated/α-hetero) is 1. The molecule has 116 valence electrons. The number of likely N-dealkylation sites (tertiary alicyclic amines) is 1. The van der Waals surface area contributed by atoms with Crippen molar-refractivity contribution < 1.29 is 22.5 Å². The highest BCUT2D eigenvalue weighted by Gasteiger charge is 2.65. The van der Waals surface area contributed by atoms with E-state index in [-0.39, 0.29) is 49.4 Å². The molecule has 0 aromatic heterocycles. The first-order valence-corrected chi connectivity index (χ1v) is 7.74. The summed E-state index contributed by atoms with van der Waals surface area (Å²) in [5.74, 6) is -0.888. The molecule has 1 aromatic carbocycles. The van der Waals surface area contributed by atoms with Crippen LogP contribution in [0.4, 0.5) is 0 Å². The number of ketones is 1. The lowest BCUT2D eigenvalue weighted by molar-refractivity contribution is -0.138. The van der Waals surface area contributed by atoms with Gasteiger partial charge in [-0.3, -0.25) is 4.79 Å². The Morgan fingerprint density at radius 1 is 1.59 bits per heavy atom. The van der Waals surface area contributed by atoms with Crippen molar-refractivity contribution in [3.05, 3.63) is 23.2 Å². The van der Waals surface area contributed by atoms with E-state index in [2.05, 4.69) is 0 Å². The van der Waals surface area contributed by atoms with Gasteiger partial charge in [0.1, 0.15) is 0 Å². The predicted molar refractivity (Wildman–Crippen MR) is 81.6 cm³/mol. The van der Waals surface area contributed by atoms with E-state index in [9.17, 15) is 6.17 Å². The second kappa shape index (κ2) is 4.05. The van der Waals surface area contributed by atoms with Crippen LogP contribution in [0.3, 0.4) is 0 Å². The van der Waals surface area contributed by atoms with E-state index in [4.69, 9.17) is 16.3 Å². The topological polar surface area (TPSA) is 38.8 Å². The van der Waals surface area contributed by atoms with Gasteiger partial charge in [-0.1, -0.05) is 6.04 Å². The molecule has 2 bridgehead atoms. The minimum absolute atomic E-state index is 0.0308. The van der Waals surface area contributed by atoms with E-state index in [1.54, 1.807) is 0 Å². The van der Waals surface area contributed by atoms with Gasteiger partial charge in [0.25, 0.3) is 0 Å². The summed E-state index contributed by atoms with van der Waals surface area (Å²) >= 11 is 0. The number of carbonyl (C=O) groups excluding carboxylic acids is 1. The Balaban J connectivity index is 1.85. The molecular formula is C18H21NO3. The molecule has 1 aromatic rings. The zero-order valence-electron chi connectivity index (χ0n) is 18.4. The molecule has 22 heavy (non-hydrogen) atoms. The molecule has 2 aliphatic carbocycles. The summed E-state index contributed by atoms with van der Waals surface area (Å²) in [4.78, 5) is 14.2. The lowest BCUT2D eigenvalue weighted by Crippen LogP contribution is -2.65. The molecule has 0 N–H and O–H groups in total. The number of hydrogen-bond donors (Lipinski definition) is 0. The summed E-state index contributed by atoms with van der Waals surface area (Å²) < 4.78 is 61.6. The first-order valence-electron chi connectivity index (χ1n) is 10.7. The van der Waals surface area contributed by atoms with Crippen molar-refractivity contribution in [1.29, 1.82) is 0 Å². The normalized spacial score (nSPS) is 46.3. The van der Waals surface area contributed by atoms with Crippen molar-refractivity contribution in [2.24, 2.45) is 5.89 Å². The molecule has 2 heterocycles. The number of likely N-dealkylation sites (N-methyl/N-ethyl adjacent to an activating group) is 1. The lowest BCUT2D eigenvalue weighted by atomic mass is 9.52. The number of carbonyl (C=O) groups is 1. The molecule has 4 aliphatic rings. The molecule has 4 nitrogen and oxygen atoms in total. The molecule has 1 spiro atoms. The highest BCUT2D eigenvalue weighted by atomic mass is 16.5. The Bertz CT molecular complexity index is 918. The van der Waals surface area contributed by atoms with Crippen LogP contribution in [0, 0.1) is 5.89 Å². The van der Waals surface area contributed by atoms with Gasteiger partial charge in [-0.05, 0) is 50.3 Å². The van der Waals surface area contributed by atoms with E-state index in [1.807, 2.05) is 0 Å². The number of methoxy groups -OCH3 is 1. The van der Waals surface area contributed by atoms with Crippen LogP contribution in [0.1, 0.15) is 38.6 Å². The van der Waals surface area contributed by atoms with Gasteiger partial charge in [0.05, 0.1) is 9.85 Å². The van der Waals surface area contributed by atoms with E-state index in [1.165, 1.54) is 12.0 Å². The summed E-state index contributed by atoms with van der Waals surface area (Å²) in [6, 6.07) is -0.824. The zero-order valence-corrected chi connectivity index (χ0v) is 12.4. The average Bonchev–Trinajstić information content (AvgIpc) is 2.94. The summed E-state index contributed by atoms with van der Waals surface area (Å²) in [7, 11) is 1.40. The third-order valence-corrected chi connectivity index (χ3v) is 5.82. The minimum Gasteiger partial charge on any atom is -0.493 e. The summed E-state index contributed by atoms with van der Waals surface area (Å²) in [5.41, 5.74) is 0.175. The van der Waals surface area contributed by atoms with Crippen molar-refractivity contribution in [3.63, 3.8) is 0 Å². The van der Waals surface area contributed by atoms with Gasteiger partial charge in [0, 0.05) is 28.9 Å². The Morgan fingerprint density at radius 3 is 3.32 bits per heavy atom. The van der Waals surface area contributed by atoms with Crippen LogP contribution in [0.15, 0.2) is 12.1 Å². The molecule has 4 atom stereocenters. The van der Waals surface area contributed by atoms with Crippen LogP contribution in [0.2, 0.25) is 0 Å². The molecule has 0 amide bonds. The second-order valence-corrected chi connectivity index (χ2v) is 6.59. The number of rotatable bonds is 1. The lowest BCUT2D eigenvalue weighted by Gasteiger charge is -2.57. The fraction of sp³-hybridized carbons (Fsp3) is 0.611. The Morgan fingerprint density at radius 2 is 2.50 bits per heavy atom. The maximum Gasteiger partial charge on any atom is 0.174 e. The van der Waals surface area contributed by atoms with Crippen molar-refractivity contribution in [2.75, 3.05) is 20.6 Å². The van der Waals surface area contributed by atoms with Crippen LogP contribution in [0.5, 0.6) is 11.5 Å². The molecule has 1 unspecified atom stereocenters. The van der Waals surface area contributed by atoms with Crippen molar-refractivity contribution in [2.45, 2.75) is 43.2 Å². The smallest absolute Gasteiger partial charge is 0.174 e. The highest BCUT2D eigenvalue weighted by molar-refractivity contribution is 5.89. The van der Waals surface area contributed by atoms with Crippen LogP contribution < -0.4 is 9.47 Å². The quantitative estimate of drug-likeness (QED) is 0.795. The van der Waals surface area contributed by atoms with Crippen LogP contribution in [0.25, 0.3) is 0 Å². The number of piperidine rings is 1. The standard InChI is InChI=1S/C18H21NO3/c1-19-8-7-18-11-4-5-13(20)17(18)22-16-14(21-2)6-3-10(15(16)18)9-12(11)19/h3,6,11-12,17H,4-5,7-9H2,1-2H3/t11-,12+,17?,18-/m0/s1/i1D3,3D,6D,11D. The largest absolute Gasteiger partial charge is 0.493 e. The zero-order chi connectivity index (χ0) is 20.2. The SMILES string of the molecule is [2H]c1c([2H])c(OC)c2c3c1C[C@H]1N(C([2H])([2H])[2H])CC[C@@]34C(O2)C(=O)CC[C@@]14[2H]. The molecule has 2 aliphatic heterocycles. The third kappa shape index (κ3) is 1.27. The molecule has 2 fully saturated rings. The molecule has 1 saturated carbocycles. The van der Waals surface area contributed by atoms with Crippen molar-refractivity contribution in [1.82, 2.24) is 4.90 Å². The minimum atomic E-state index is -2.37. The van der Waals surface area contributed by atoms with Gasteiger partial charge in [-0.2, -0.15) is 0 Å². The van der Waals surface area contributed by atoms with Gasteiger partial charge in [0.15, 0.2) is 23.4 Å². The number of nitrogens with zero attached hydrogens (tertiary/aromatic N) is 1. The average molecular weight is 305 g/mol. The molecule has 1 saturated heterocycles. The van der Waals surface area contributed by atoms with Gasteiger partial charge >= 0.3 is 0 Å². The molecule has 0 radical (unpaired) electrons. The van der Waals surface area contributed by atoms with Crippen molar-refractivity contribution in [3.8, 4) is 11.5 Å². The predicted octanol–water partition coefficient (Wildman–Crippen LogP) is 1.93. The first kappa shape index (κ1) is 8.34. The number of ether oxygens (including phenoxy) is 2. The fourth-order valence-corrected chi connectivity index (χ4v) is 4.96. The maximum atomic E-state index is 12.8. The van der Waals surface area contributed by atoms with Gasteiger partial charge in [-0.25, -0.2) is 0 Å². The second-order valence-electron chi connectivity index (χ2n) is 6.59. The molecule has 5 rings (SSSR count). The van der Waals surface area contributed by atoms with Gasteiger partial charge < -0.3 is 14.4 Å². The summed E-state index contributed by atoms with van der Waals surface area (Å²) in [6.07, 6.45) is 0.0189. The van der Waals surface area contributed by atoms with Crippen molar-refractivity contribution >= 4 is 5.78 Å². The Kier molecular flexibility index (Phi) is 1.53.